The predicted octanol–water partition coefficient (Wildman–Crippen LogP) is 0.853. The summed E-state index contributed by atoms with van der Waals surface area (Å²) in [5, 5.41) is 9.00. The zero-order valence-corrected chi connectivity index (χ0v) is 10.3. The quantitative estimate of drug-likeness (QED) is 0.834. The fourth-order valence-electron chi connectivity index (χ4n) is 1.59. The Hall–Kier alpha value is -2.96. The van der Waals surface area contributed by atoms with Crippen LogP contribution in [0.1, 0.15) is 26.4 Å². The fourth-order valence-corrected chi connectivity index (χ4v) is 1.59. The molecular formula is C13H11N3O4. The summed E-state index contributed by atoms with van der Waals surface area (Å²) in [5.74, 6) is -1.50. The maximum absolute atomic E-state index is 11.2. The van der Waals surface area contributed by atoms with E-state index in [4.69, 9.17) is 15.6 Å². The van der Waals surface area contributed by atoms with Gasteiger partial charge in [-0.05, 0) is 12.1 Å². The summed E-state index contributed by atoms with van der Waals surface area (Å²) in [5.41, 5.74) is 5.61. The molecule has 0 saturated heterocycles. The molecule has 0 aliphatic rings. The van der Waals surface area contributed by atoms with Crippen LogP contribution in [0.5, 0.6) is 5.75 Å². The largest absolute Gasteiger partial charge is 0.486 e. The highest BCUT2D eigenvalue weighted by atomic mass is 16.5. The van der Waals surface area contributed by atoms with Crippen molar-refractivity contribution in [2.24, 2.45) is 5.73 Å². The number of ether oxygens (including phenoxy) is 1. The Balaban J connectivity index is 2.22. The number of benzene rings is 1. The van der Waals surface area contributed by atoms with Gasteiger partial charge in [0.2, 0.25) is 0 Å². The van der Waals surface area contributed by atoms with E-state index in [1.807, 2.05) is 0 Å². The number of hydrogen-bond acceptors (Lipinski definition) is 5. The van der Waals surface area contributed by atoms with Crippen LogP contribution in [0, 0.1) is 0 Å². The molecule has 0 bridgehead atoms. The molecule has 0 atom stereocenters. The molecule has 1 amide bonds. The third-order valence-corrected chi connectivity index (χ3v) is 2.54. The first-order valence-electron chi connectivity index (χ1n) is 5.63. The van der Waals surface area contributed by atoms with Crippen LogP contribution in [0.15, 0.2) is 36.8 Å². The summed E-state index contributed by atoms with van der Waals surface area (Å²) in [6.07, 6.45) is 2.42. The summed E-state index contributed by atoms with van der Waals surface area (Å²) >= 11 is 0. The fraction of sp³-hybridized carbons (Fsp3) is 0.0769. The van der Waals surface area contributed by atoms with Crippen LogP contribution < -0.4 is 10.5 Å². The SMILES string of the molecule is NC(=O)c1ccccc1OCc1ncncc1C(=O)O. The highest BCUT2D eigenvalue weighted by molar-refractivity contribution is 5.95. The van der Waals surface area contributed by atoms with Crippen molar-refractivity contribution in [3.63, 3.8) is 0 Å². The number of carbonyl (C=O) groups is 2. The Kier molecular flexibility index (Phi) is 3.90. The Morgan fingerprint density at radius 2 is 2.00 bits per heavy atom. The second kappa shape index (κ2) is 5.79. The number of amides is 1. The summed E-state index contributed by atoms with van der Waals surface area (Å²) in [6, 6.07) is 6.43. The van der Waals surface area contributed by atoms with Gasteiger partial charge in [0.1, 0.15) is 24.2 Å². The molecule has 7 nitrogen and oxygen atoms in total. The van der Waals surface area contributed by atoms with E-state index in [0.29, 0.717) is 0 Å². The van der Waals surface area contributed by atoms with Gasteiger partial charge in [0.15, 0.2) is 0 Å². The van der Waals surface area contributed by atoms with Crippen molar-refractivity contribution in [3.8, 4) is 5.75 Å². The van der Waals surface area contributed by atoms with Crippen LogP contribution >= 0.6 is 0 Å². The van der Waals surface area contributed by atoms with Gasteiger partial charge in [0.05, 0.1) is 11.3 Å². The van der Waals surface area contributed by atoms with Crippen LogP contribution in [-0.4, -0.2) is 27.0 Å². The predicted molar refractivity (Wildman–Crippen MR) is 68.3 cm³/mol. The van der Waals surface area contributed by atoms with E-state index in [1.165, 1.54) is 18.6 Å². The molecule has 20 heavy (non-hydrogen) atoms. The number of carboxylic acids is 1. The van der Waals surface area contributed by atoms with Gasteiger partial charge in [0.25, 0.3) is 5.91 Å². The number of para-hydroxylation sites is 1. The smallest absolute Gasteiger partial charge is 0.339 e. The van der Waals surface area contributed by atoms with Gasteiger partial charge in [-0.3, -0.25) is 4.79 Å². The normalized spacial score (nSPS) is 10.0. The van der Waals surface area contributed by atoms with Crippen LogP contribution in [-0.2, 0) is 6.61 Å². The van der Waals surface area contributed by atoms with E-state index in [2.05, 4.69) is 9.97 Å². The number of rotatable bonds is 5. The highest BCUT2D eigenvalue weighted by Gasteiger charge is 2.13. The summed E-state index contributed by atoms with van der Waals surface area (Å²) in [6.45, 7) is -0.103. The Morgan fingerprint density at radius 1 is 1.25 bits per heavy atom. The molecule has 2 rings (SSSR count). The minimum Gasteiger partial charge on any atom is -0.486 e. The number of hydrogen-bond donors (Lipinski definition) is 2. The molecule has 1 aromatic heterocycles. The lowest BCUT2D eigenvalue weighted by Gasteiger charge is -2.10. The van der Waals surface area contributed by atoms with Crippen molar-refractivity contribution in [1.29, 1.82) is 0 Å². The minimum absolute atomic E-state index is 0.0518. The third-order valence-electron chi connectivity index (χ3n) is 2.54. The van der Waals surface area contributed by atoms with Crippen molar-refractivity contribution < 1.29 is 19.4 Å². The van der Waals surface area contributed by atoms with Crippen molar-refractivity contribution in [2.45, 2.75) is 6.61 Å². The van der Waals surface area contributed by atoms with E-state index in [-0.39, 0.29) is 29.2 Å². The highest BCUT2D eigenvalue weighted by Crippen LogP contribution is 2.19. The Labute approximate surface area is 114 Å². The number of aromatic carboxylic acids is 1. The molecule has 1 aromatic carbocycles. The Bertz CT molecular complexity index is 600. The monoisotopic (exact) mass is 273 g/mol. The molecular weight excluding hydrogens is 262 g/mol. The van der Waals surface area contributed by atoms with Gasteiger partial charge in [0, 0.05) is 6.20 Å². The van der Waals surface area contributed by atoms with Crippen LogP contribution in [0.25, 0.3) is 0 Å². The second-order valence-electron chi connectivity index (χ2n) is 3.84. The third kappa shape index (κ3) is 2.89. The molecule has 7 heteroatoms. The number of aromatic nitrogens is 2. The minimum atomic E-state index is -1.15. The maximum Gasteiger partial charge on any atom is 0.339 e. The molecule has 0 unspecified atom stereocenters. The molecule has 2 aromatic rings. The molecule has 0 radical (unpaired) electrons. The lowest BCUT2D eigenvalue weighted by Crippen LogP contribution is -2.14. The van der Waals surface area contributed by atoms with E-state index in [1.54, 1.807) is 18.2 Å². The molecule has 0 spiro atoms. The summed E-state index contributed by atoms with van der Waals surface area (Å²) in [4.78, 5) is 29.7. The van der Waals surface area contributed by atoms with Crippen LogP contribution in [0.3, 0.4) is 0 Å². The average molecular weight is 273 g/mol. The molecule has 0 saturated carbocycles. The van der Waals surface area contributed by atoms with Crippen molar-refractivity contribution in [1.82, 2.24) is 9.97 Å². The van der Waals surface area contributed by atoms with E-state index in [9.17, 15) is 9.59 Å². The lowest BCUT2D eigenvalue weighted by atomic mass is 10.2. The number of nitrogens with two attached hydrogens (primary N) is 1. The van der Waals surface area contributed by atoms with Gasteiger partial charge in [-0.15, -0.1) is 0 Å². The van der Waals surface area contributed by atoms with Gasteiger partial charge in [-0.25, -0.2) is 14.8 Å². The molecule has 1 heterocycles. The van der Waals surface area contributed by atoms with E-state index < -0.39 is 11.9 Å². The van der Waals surface area contributed by atoms with Gasteiger partial charge in [-0.2, -0.15) is 0 Å². The molecule has 3 N–H and O–H groups in total. The second-order valence-corrected chi connectivity index (χ2v) is 3.84. The molecule has 0 aliphatic heterocycles. The number of primary amides is 1. The zero-order valence-electron chi connectivity index (χ0n) is 10.3. The molecule has 0 fully saturated rings. The topological polar surface area (TPSA) is 115 Å². The Morgan fingerprint density at radius 3 is 2.70 bits per heavy atom. The van der Waals surface area contributed by atoms with Crippen molar-refractivity contribution >= 4 is 11.9 Å². The van der Waals surface area contributed by atoms with Gasteiger partial charge in [-0.1, -0.05) is 12.1 Å². The number of carbonyl (C=O) groups excluding carboxylic acids is 1. The first-order valence-corrected chi connectivity index (χ1v) is 5.63. The van der Waals surface area contributed by atoms with Crippen molar-refractivity contribution in [3.05, 3.63) is 53.6 Å². The lowest BCUT2D eigenvalue weighted by molar-refractivity contribution is 0.0692. The van der Waals surface area contributed by atoms with Crippen molar-refractivity contribution in [2.75, 3.05) is 0 Å². The van der Waals surface area contributed by atoms with Crippen LogP contribution in [0.2, 0.25) is 0 Å². The standard InChI is InChI=1S/C13H11N3O4/c14-12(17)8-3-1-2-4-11(8)20-6-10-9(13(18)19)5-15-7-16-10/h1-5,7H,6H2,(H2,14,17)(H,18,19). The first kappa shape index (κ1) is 13.5. The molecule has 102 valence electrons. The average Bonchev–Trinajstić information content (AvgIpc) is 2.45. The zero-order chi connectivity index (χ0) is 14.5. The summed E-state index contributed by atoms with van der Waals surface area (Å²) < 4.78 is 5.42. The van der Waals surface area contributed by atoms with Crippen LogP contribution in [0.4, 0.5) is 0 Å². The number of nitrogens with zero attached hydrogens (tertiary/aromatic N) is 2. The first-order chi connectivity index (χ1) is 9.59. The number of carboxylic acid groups (broad SMARTS) is 1. The van der Waals surface area contributed by atoms with E-state index in [0.717, 1.165) is 0 Å². The van der Waals surface area contributed by atoms with Gasteiger partial charge >= 0.3 is 5.97 Å². The maximum atomic E-state index is 11.2. The molecule has 0 aliphatic carbocycles. The summed E-state index contributed by atoms with van der Waals surface area (Å²) in [7, 11) is 0. The van der Waals surface area contributed by atoms with Gasteiger partial charge < -0.3 is 15.6 Å². The van der Waals surface area contributed by atoms with E-state index >= 15 is 0 Å².